The van der Waals surface area contributed by atoms with Gasteiger partial charge in [-0.05, 0) is 24.3 Å². The smallest absolute Gasteiger partial charge is 0.148 e. The highest BCUT2D eigenvalue weighted by molar-refractivity contribution is 5.57. The summed E-state index contributed by atoms with van der Waals surface area (Å²) in [7, 11) is 1.51. The molecule has 19 heavy (non-hydrogen) atoms. The lowest BCUT2D eigenvalue weighted by molar-refractivity contribution is 0.415. The summed E-state index contributed by atoms with van der Waals surface area (Å²) in [6, 6.07) is 10.8. The minimum Gasteiger partial charge on any atom is -0.495 e. The molecule has 0 unspecified atom stereocenters. The molecule has 2 rings (SSSR count). The van der Waals surface area contributed by atoms with E-state index in [4.69, 9.17) is 20.5 Å². The van der Waals surface area contributed by atoms with Crippen LogP contribution in [-0.4, -0.2) is 7.11 Å². The molecule has 0 amide bonds. The monoisotopic (exact) mass is 258 g/mol. The molecule has 0 bridgehead atoms. The first-order valence-electron chi connectivity index (χ1n) is 5.45. The molecular weight excluding hydrogens is 247 g/mol. The SMILES string of the molecule is COc1ccc(Oc2cccc(F)c2C#N)cc1N. The van der Waals surface area contributed by atoms with Crippen LogP contribution in [0.5, 0.6) is 17.2 Å². The van der Waals surface area contributed by atoms with Crippen LogP contribution in [0.3, 0.4) is 0 Å². The largest absolute Gasteiger partial charge is 0.495 e. The van der Waals surface area contributed by atoms with Crippen molar-refractivity contribution < 1.29 is 13.9 Å². The van der Waals surface area contributed by atoms with Crippen molar-refractivity contribution in [3.8, 4) is 23.3 Å². The molecule has 4 nitrogen and oxygen atoms in total. The van der Waals surface area contributed by atoms with E-state index in [0.29, 0.717) is 17.2 Å². The van der Waals surface area contributed by atoms with Gasteiger partial charge in [-0.15, -0.1) is 0 Å². The molecule has 0 aliphatic heterocycles. The molecule has 0 fully saturated rings. The molecule has 0 saturated carbocycles. The third kappa shape index (κ3) is 2.58. The number of nitriles is 1. The molecule has 2 aromatic rings. The number of ether oxygens (including phenoxy) is 2. The first kappa shape index (κ1) is 12.7. The van der Waals surface area contributed by atoms with Gasteiger partial charge in [0.25, 0.3) is 0 Å². The Bertz CT molecular complexity index is 650. The molecule has 2 N–H and O–H groups in total. The Labute approximate surface area is 109 Å². The van der Waals surface area contributed by atoms with Gasteiger partial charge >= 0.3 is 0 Å². The summed E-state index contributed by atoms with van der Waals surface area (Å²) in [5, 5.41) is 8.90. The topological polar surface area (TPSA) is 68.3 Å². The van der Waals surface area contributed by atoms with Gasteiger partial charge in [-0.2, -0.15) is 5.26 Å². The maximum atomic E-state index is 13.4. The maximum absolute atomic E-state index is 13.4. The van der Waals surface area contributed by atoms with Gasteiger partial charge in [0, 0.05) is 6.07 Å². The lowest BCUT2D eigenvalue weighted by Gasteiger charge is -2.10. The second kappa shape index (κ2) is 5.27. The number of halogens is 1. The molecule has 0 spiro atoms. The Morgan fingerprint density at radius 3 is 2.63 bits per heavy atom. The van der Waals surface area contributed by atoms with E-state index in [0.717, 1.165) is 0 Å². The van der Waals surface area contributed by atoms with E-state index in [1.54, 1.807) is 24.3 Å². The predicted octanol–water partition coefficient (Wildman–Crippen LogP) is 3.08. The van der Waals surface area contributed by atoms with Crippen molar-refractivity contribution in [2.75, 3.05) is 12.8 Å². The zero-order chi connectivity index (χ0) is 13.8. The molecule has 0 aromatic heterocycles. The fourth-order valence-electron chi connectivity index (χ4n) is 1.60. The zero-order valence-electron chi connectivity index (χ0n) is 10.2. The number of benzene rings is 2. The highest BCUT2D eigenvalue weighted by atomic mass is 19.1. The second-order valence-electron chi connectivity index (χ2n) is 3.73. The lowest BCUT2D eigenvalue weighted by atomic mass is 10.2. The number of hydrogen-bond acceptors (Lipinski definition) is 4. The highest BCUT2D eigenvalue weighted by Crippen LogP contribution is 2.31. The van der Waals surface area contributed by atoms with Gasteiger partial charge in [0.2, 0.25) is 0 Å². The summed E-state index contributed by atoms with van der Waals surface area (Å²) >= 11 is 0. The van der Waals surface area contributed by atoms with Crippen LogP contribution in [0.1, 0.15) is 5.56 Å². The fraction of sp³-hybridized carbons (Fsp3) is 0.0714. The molecular formula is C14H11FN2O2. The van der Waals surface area contributed by atoms with E-state index < -0.39 is 5.82 Å². The second-order valence-corrected chi connectivity index (χ2v) is 3.73. The first-order chi connectivity index (χ1) is 9.15. The number of nitrogens with zero attached hydrogens (tertiary/aromatic N) is 1. The van der Waals surface area contributed by atoms with E-state index in [9.17, 15) is 4.39 Å². The third-order valence-corrected chi connectivity index (χ3v) is 2.52. The summed E-state index contributed by atoms with van der Waals surface area (Å²) in [4.78, 5) is 0. The minimum absolute atomic E-state index is 0.142. The number of nitrogen functional groups attached to an aromatic ring is 1. The van der Waals surface area contributed by atoms with E-state index in [1.165, 1.54) is 25.3 Å². The van der Waals surface area contributed by atoms with E-state index in [2.05, 4.69) is 0 Å². The molecule has 96 valence electrons. The van der Waals surface area contributed by atoms with Gasteiger partial charge in [-0.3, -0.25) is 0 Å². The quantitative estimate of drug-likeness (QED) is 0.859. The Morgan fingerprint density at radius 2 is 2.00 bits per heavy atom. The Hall–Kier alpha value is -2.74. The Balaban J connectivity index is 2.34. The lowest BCUT2D eigenvalue weighted by Crippen LogP contribution is -1.95. The summed E-state index contributed by atoms with van der Waals surface area (Å²) in [6.07, 6.45) is 0. The summed E-state index contributed by atoms with van der Waals surface area (Å²) < 4.78 is 23.9. The van der Waals surface area contributed by atoms with Gasteiger partial charge in [0.05, 0.1) is 12.8 Å². The van der Waals surface area contributed by atoms with Crippen molar-refractivity contribution in [1.82, 2.24) is 0 Å². The highest BCUT2D eigenvalue weighted by Gasteiger charge is 2.10. The molecule has 0 radical (unpaired) electrons. The maximum Gasteiger partial charge on any atom is 0.148 e. The minimum atomic E-state index is -0.624. The standard InChI is InChI=1S/C14H11FN2O2/c1-18-14-6-5-9(7-12(14)17)19-13-4-2-3-11(15)10(13)8-16/h2-7H,17H2,1H3. The van der Waals surface area contributed by atoms with E-state index >= 15 is 0 Å². The van der Waals surface area contributed by atoms with Crippen molar-refractivity contribution >= 4 is 5.69 Å². The predicted molar refractivity (Wildman–Crippen MR) is 68.6 cm³/mol. The van der Waals surface area contributed by atoms with Crippen LogP contribution in [0.4, 0.5) is 10.1 Å². The molecule has 0 atom stereocenters. The number of nitrogens with two attached hydrogens (primary N) is 1. The van der Waals surface area contributed by atoms with Crippen LogP contribution < -0.4 is 15.2 Å². The van der Waals surface area contributed by atoms with Crippen molar-refractivity contribution in [2.45, 2.75) is 0 Å². The van der Waals surface area contributed by atoms with Crippen LogP contribution in [0.25, 0.3) is 0 Å². The van der Waals surface area contributed by atoms with Crippen LogP contribution in [0, 0.1) is 17.1 Å². The summed E-state index contributed by atoms with van der Waals surface area (Å²) in [5.74, 6) is 0.445. The Morgan fingerprint density at radius 1 is 1.21 bits per heavy atom. The molecule has 0 saturated heterocycles. The van der Waals surface area contributed by atoms with Crippen molar-refractivity contribution in [2.24, 2.45) is 0 Å². The number of methoxy groups -OCH3 is 1. The van der Waals surface area contributed by atoms with Crippen molar-refractivity contribution in [1.29, 1.82) is 5.26 Å². The number of hydrogen-bond donors (Lipinski definition) is 1. The third-order valence-electron chi connectivity index (χ3n) is 2.52. The average Bonchev–Trinajstić information content (AvgIpc) is 2.39. The van der Waals surface area contributed by atoms with E-state index in [-0.39, 0.29) is 11.3 Å². The van der Waals surface area contributed by atoms with E-state index in [1.807, 2.05) is 0 Å². The zero-order valence-corrected chi connectivity index (χ0v) is 10.2. The van der Waals surface area contributed by atoms with Gasteiger partial charge < -0.3 is 15.2 Å². The molecule has 0 aliphatic rings. The molecule has 2 aromatic carbocycles. The van der Waals surface area contributed by atoms with Gasteiger partial charge in [-0.25, -0.2) is 4.39 Å². The summed E-state index contributed by atoms with van der Waals surface area (Å²) in [5.41, 5.74) is 6.00. The van der Waals surface area contributed by atoms with Gasteiger partial charge in [0.1, 0.15) is 34.7 Å². The van der Waals surface area contributed by atoms with Crippen LogP contribution in [0.2, 0.25) is 0 Å². The van der Waals surface area contributed by atoms with Crippen molar-refractivity contribution in [3.63, 3.8) is 0 Å². The normalized spacial score (nSPS) is 9.74. The number of rotatable bonds is 3. The van der Waals surface area contributed by atoms with Crippen molar-refractivity contribution in [3.05, 3.63) is 47.8 Å². The summed E-state index contributed by atoms with van der Waals surface area (Å²) in [6.45, 7) is 0. The molecule has 0 heterocycles. The van der Waals surface area contributed by atoms with Gasteiger partial charge in [-0.1, -0.05) is 6.07 Å². The van der Waals surface area contributed by atoms with Gasteiger partial charge in [0.15, 0.2) is 0 Å². The number of anilines is 1. The molecule has 5 heteroatoms. The van der Waals surface area contributed by atoms with Crippen LogP contribution in [0.15, 0.2) is 36.4 Å². The van der Waals surface area contributed by atoms with Crippen LogP contribution >= 0.6 is 0 Å². The molecule has 0 aliphatic carbocycles. The average molecular weight is 258 g/mol. The first-order valence-corrected chi connectivity index (χ1v) is 5.45. The fourth-order valence-corrected chi connectivity index (χ4v) is 1.60. The van der Waals surface area contributed by atoms with Crippen LogP contribution in [-0.2, 0) is 0 Å². The Kier molecular flexibility index (Phi) is 3.53.